The average molecular weight is 148 g/mol. The third kappa shape index (κ3) is 2.80. The molecule has 1 unspecified atom stereocenters. The van der Waals surface area contributed by atoms with Crippen molar-refractivity contribution in [2.45, 2.75) is 13.0 Å². The monoisotopic (exact) mass is 148 g/mol. The van der Waals surface area contributed by atoms with Gasteiger partial charge >= 0.3 is 5.97 Å². The standard InChI is InChI=1S/C6H12O4/c1-3-10-5(4-7)6(8)9-2/h5,7H,3-4H2,1-2H3. The molecule has 4 nitrogen and oxygen atoms in total. The minimum absolute atomic E-state index is 0.333. The fraction of sp³-hybridized carbons (Fsp3) is 0.833. The molecule has 0 saturated carbocycles. The predicted molar refractivity (Wildman–Crippen MR) is 34.5 cm³/mol. The lowest BCUT2D eigenvalue weighted by Gasteiger charge is -2.10. The van der Waals surface area contributed by atoms with Gasteiger partial charge in [0.1, 0.15) is 0 Å². The smallest absolute Gasteiger partial charge is 0.337 e. The molecule has 1 atom stereocenters. The molecular weight excluding hydrogens is 136 g/mol. The van der Waals surface area contributed by atoms with Crippen LogP contribution in [0.5, 0.6) is 0 Å². The van der Waals surface area contributed by atoms with Crippen molar-refractivity contribution in [2.75, 3.05) is 20.3 Å². The van der Waals surface area contributed by atoms with Gasteiger partial charge in [-0.2, -0.15) is 0 Å². The maximum absolute atomic E-state index is 10.6. The lowest BCUT2D eigenvalue weighted by atomic mass is 10.4. The molecule has 0 aliphatic carbocycles. The summed E-state index contributed by atoms with van der Waals surface area (Å²) in [4.78, 5) is 10.6. The summed E-state index contributed by atoms with van der Waals surface area (Å²) >= 11 is 0. The summed E-state index contributed by atoms with van der Waals surface area (Å²) < 4.78 is 9.15. The van der Waals surface area contributed by atoms with E-state index in [2.05, 4.69) is 4.74 Å². The van der Waals surface area contributed by atoms with Crippen molar-refractivity contribution in [1.82, 2.24) is 0 Å². The van der Waals surface area contributed by atoms with Crippen LogP contribution in [-0.2, 0) is 14.3 Å². The van der Waals surface area contributed by atoms with Crippen LogP contribution in [0.25, 0.3) is 0 Å². The lowest BCUT2D eigenvalue weighted by Crippen LogP contribution is -2.29. The number of methoxy groups -OCH3 is 1. The van der Waals surface area contributed by atoms with Gasteiger partial charge in [-0.25, -0.2) is 4.79 Å². The summed E-state index contributed by atoms with van der Waals surface area (Å²) in [5, 5.41) is 8.53. The fourth-order valence-electron chi connectivity index (χ4n) is 0.528. The molecule has 0 aromatic carbocycles. The molecule has 1 N–H and O–H groups in total. The first-order valence-corrected chi connectivity index (χ1v) is 3.06. The first-order valence-electron chi connectivity index (χ1n) is 3.06. The summed E-state index contributed by atoms with van der Waals surface area (Å²) in [5.74, 6) is -0.538. The molecule has 0 aliphatic rings. The molecule has 0 aromatic rings. The number of hydrogen-bond acceptors (Lipinski definition) is 4. The Kier molecular flexibility index (Phi) is 4.88. The molecule has 0 aliphatic heterocycles. The van der Waals surface area contributed by atoms with Gasteiger partial charge in [-0.1, -0.05) is 0 Å². The van der Waals surface area contributed by atoms with Crippen molar-refractivity contribution in [1.29, 1.82) is 0 Å². The van der Waals surface area contributed by atoms with Gasteiger partial charge in [0.2, 0.25) is 0 Å². The van der Waals surface area contributed by atoms with Crippen molar-refractivity contribution in [3.8, 4) is 0 Å². The largest absolute Gasteiger partial charge is 0.467 e. The molecule has 0 spiro atoms. The third-order valence-corrected chi connectivity index (χ3v) is 0.998. The number of esters is 1. The summed E-state index contributed by atoms with van der Waals surface area (Å²) in [6, 6.07) is 0. The normalized spacial score (nSPS) is 12.7. The van der Waals surface area contributed by atoms with Crippen LogP contribution in [-0.4, -0.2) is 37.5 Å². The van der Waals surface area contributed by atoms with E-state index in [9.17, 15) is 4.79 Å². The molecule has 10 heavy (non-hydrogen) atoms. The van der Waals surface area contributed by atoms with E-state index in [4.69, 9.17) is 9.84 Å². The number of aliphatic hydroxyl groups is 1. The van der Waals surface area contributed by atoms with Gasteiger partial charge in [-0.15, -0.1) is 0 Å². The van der Waals surface area contributed by atoms with Crippen LogP contribution < -0.4 is 0 Å². The van der Waals surface area contributed by atoms with Gasteiger partial charge in [0, 0.05) is 6.61 Å². The summed E-state index contributed by atoms with van der Waals surface area (Å²) in [6.45, 7) is 1.80. The Balaban J connectivity index is 3.68. The second-order valence-corrected chi connectivity index (χ2v) is 1.65. The van der Waals surface area contributed by atoms with Crippen LogP contribution >= 0.6 is 0 Å². The van der Waals surface area contributed by atoms with E-state index in [1.807, 2.05) is 0 Å². The number of rotatable bonds is 4. The predicted octanol–water partition coefficient (Wildman–Crippen LogP) is -0.443. The van der Waals surface area contributed by atoms with Crippen LogP contribution in [0.4, 0.5) is 0 Å². The van der Waals surface area contributed by atoms with Gasteiger partial charge < -0.3 is 14.6 Å². The number of ether oxygens (including phenoxy) is 2. The van der Waals surface area contributed by atoms with Gasteiger partial charge in [0.25, 0.3) is 0 Å². The summed E-state index contributed by atoms with van der Waals surface area (Å²) in [6.07, 6.45) is -0.824. The highest BCUT2D eigenvalue weighted by Gasteiger charge is 2.16. The Morgan fingerprint density at radius 3 is 2.60 bits per heavy atom. The quantitative estimate of drug-likeness (QED) is 0.549. The molecule has 60 valence electrons. The Morgan fingerprint density at radius 2 is 2.30 bits per heavy atom. The van der Waals surface area contributed by atoms with Crippen molar-refractivity contribution >= 4 is 5.97 Å². The van der Waals surface area contributed by atoms with Crippen molar-refractivity contribution < 1.29 is 19.4 Å². The van der Waals surface area contributed by atoms with Gasteiger partial charge in [-0.05, 0) is 6.92 Å². The molecule has 0 bridgehead atoms. The number of aliphatic hydroxyl groups excluding tert-OH is 1. The number of carbonyl (C=O) groups is 1. The lowest BCUT2D eigenvalue weighted by molar-refractivity contribution is -0.156. The highest BCUT2D eigenvalue weighted by atomic mass is 16.6. The second-order valence-electron chi connectivity index (χ2n) is 1.65. The van der Waals surface area contributed by atoms with Gasteiger partial charge in [-0.3, -0.25) is 0 Å². The van der Waals surface area contributed by atoms with E-state index in [0.717, 1.165) is 0 Å². The Labute approximate surface area is 59.7 Å². The van der Waals surface area contributed by atoms with E-state index in [0.29, 0.717) is 6.61 Å². The highest BCUT2D eigenvalue weighted by Crippen LogP contribution is 1.92. The minimum atomic E-state index is -0.824. The molecule has 0 saturated heterocycles. The molecule has 0 heterocycles. The highest BCUT2D eigenvalue weighted by molar-refractivity contribution is 5.74. The Morgan fingerprint density at radius 1 is 1.70 bits per heavy atom. The van der Waals surface area contributed by atoms with Crippen LogP contribution in [0.1, 0.15) is 6.92 Å². The van der Waals surface area contributed by atoms with Crippen LogP contribution in [0, 0.1) is 0 Å². The average Bonchev–Trinajstić information content (AvgIpc) is 1.99. The van der Waals surface area contributed by atoms with E-state index >= 15 is 0 Å². The topological polar surface area (TPSA) is 55.8 Å². The molecule has 0 rings (SSSR count). The van der Waals surface area contributed by atoms with E-state index < -0.39 is 12.1 Å². The van der Waals surface area contributed by atoms with Crippen LogP contribution in [0.3, 0.4) is 0 Å². The van der Waals surface area contributed by atoms with Crippen LogP contribution in [0.15, 0.2) is 0 Å². The molecule has 0 radical (unpaired) electrons. The minimum Gasteiger partial charge on any atom is -0.467 e. The van der Waals surface area contributed by atoms with Gasteiger partial charge in [0.05, 0.1) is 13.7 Å². The first kappa shape index (κ1) is 9.39. The maximum atomic E-state index is 10.6. The molecule has 4 heteroatoms. The summed E-state index contributed by atoms with van der Waals surface area (Å²) in [7, 11) is 1.25. The zero-order valence-corrected chi connectivity index (χ0v) is 6.16. The van der Waals surface area contributed by atoms with E-state index in [1.165, 1.54) is 7.11 Å². The van der Waals surface area contributed by atoms with Crippen LogP contribution in [0.2, 0.25) is 0 Å². The number of hydrogen-bond donors (Lipinski definition) is 1. The van der Waals surface area contributed by atoms with Gasteiger partial charge in [0.15, 0.2) is 6.10 Å². The fourth-order valence-corrected chi connectivity index (χ4v) is 0.528. The van der Waals surface area contributed by atoms with Crippen molar-refractivity contribution in [2.24, 2.45) is 0 Å². The van der Waals surface area contributed by atoms with Crippen molar-refractivity contribution in [3.05, 3.63) is 0 Å². The molecule has 0 amide bonds. The third-order valence-electron chi connectivity index (χ3n) is 0.998. The second kappa shape index (κ2) is 5.20. The molecular formula is C6H12O4. The SMILES string of the molecule is CCOC(CO)C(=O)OC. The molecule has 0 aromatic heterocycles. The molecule has 0 fully saturated rings. The Bertz CT molecular complexity index is 102. The summed E-state index contributed by atoms with van der Waals surface area (Å²) in [5.41, 5.74) is 0. The maximum Gasteiger partial charge on any atom is 0.337 e. The van der Waals surface area contributed by atoms with Crippen molar-refractivity contribution in [3.63, 3.8) is 0 Å². The first-order chi connectivity index (χ1) is 4.76. The van der Waals surface area contributed by atoms with E-state index in [-0.39, 0.29) is 6.61 Å². The number of carbonyl (C=O) groups excluding carboxylic acids is 1. The Hall–Kier alpha value is -0.610. The zero-order valence-electron chi connectivity index (χ0n) is 6.16. The zero-order chi connectivity index (χ0) is 7.98. The van der Waals surface area contributed by atoms with E-state index in [1.54, 1.807) is 6.92 Å².